The van der Waals surface area contributed by atoms with E-state index in [1.807, 2.05) is 20.8 Å². The van der Waals surface area contributed by atoms with Crippen LogP contribution < -0.4 is 10.1 Å². The molecule has 0 fully saturated rings. The molecule has 2 aromatic rings. The van der Waals surface area contributed by atoms with Gasteiger partial charge in [-0.3, -0.25) is 9.59 Å². The average molecular weight is 419 g/mol. The van der Waals surface area contributed by atoms with Gasteiger partial charge < -0.3 is 19.7 Å². The lowest BCUT2D eigenvalue weighted by molar-refractivity contribution is 0.0601. The number of nitrogens with zero attached hydrogens (tertiary/aromatic N) is 1. The molecule has 1 aromatic heterocycles. The summed E-state index contributed by atoms with van der Waals surface area (Å²) in [5.41, 5.74) is 1.02. The Hall–Kier alpha value is -2.87. The molecule has 0 spiro atoms. The quantitative estimate of drug-likeness (QED) is 0.656. The molecule has 156 valence electrons. The van der Waals surface area contributed by atoms with Crippen molar-refractivity contribution in [2.75, 3.05) is 32.1 Å². The van der Waals surface area contributed by atoms with Crippen LogP contribution in [0.1, 0.15) is 56.7 Å². The first-order valence-corrected chi connectivity index (χ1v) is 10.2. The van der Waals surface area contributed by atoms with Gasteiger partial charge >= 0.3 is 5.97 Å². The number of carbonyl (C=O) groups excluding carboxylic acids is 3. The van der Waals surface area contributed by atoms with E-state index in [-0.39, 0.29) is 16.5 Å². The number of carbonyl (C=O) groups is 3. The molecule has 8 heteroatoms. The van der Waals surface area contributed by atoms with Crippen LogP contribution in [-0.2, 0) is 4.74 Å². The SMILES string of the molecule is CCOc1ccccc1C(=O)Nc1sc(C(=O)N(CC)CC)c(C)c1C(=O)OC. The van der Waals surface area contributed by atoms with Crippen molar-refractivity contribution in [3.8, 4) is 5.75 Å². The molecule has 0 atom stereocenters. The lowest BCUT2D eigenvalue weighted by atomic mass is 10.1. The van der Waals surface area contributed by atoms with E-state index in [0.717, 1.165) is 11.3 Å². The molecule has 0 bridgehead atoms. The standard InChI is InChI=1S/C21H26N2O5S/c1-6-23(7-2)20(25)17-13(4)16(21(26)27-5)19(29-17)22-18(24)14-11-9-10-12-15(14)28-8-3/h9-12H,6-8H2,1-5H3,(H,22,24). The first-order chi connectivity index (χ1) is 13.9. The van der Waals surface area contributed by atoms with Crippen LogP contribution in [0.3, 0.4) is 0 Å². The summed E-state index contributed by atoms with van der Waals surface area (Å²) in [6.07, 6.45) is 0. The second kappa shape index (κ2) is 10.1. The Balaban J connectivity index is 2.47. The highest BCUT2D eigenvalue weighted by Crippen LogP contribution is 2.35. The van der Waals surface area contributed by atoms with Gasteiger partial charge in [0.15, 0.2) is 0 Å². The van der Waals surface area contributed by atoms with Crippen molar-refractivity contribution in [1.29, 1.82) is 0 Å². The Morgan fingerprint density at radius 1 is 1.10 bits per heavy atom. The van der Waals surface area contributed by atoms with Gasteiger partial charge in [-0.2, -0.15) is 0 Å². The van der Waals surface area contributed by atoms with Crippen LogP contribution in [-0.4, -0.2) is 49.5 Å². The fraction of sp³-hybridized carbons (Fsp3) is 0.381. The number of methoxy groups -OCH3 is 1. The van der Waals surface area contributed by atoms with Crippen LogP contribution in [0.4, 0.5) is 5.00 Å². The number of hydrogen-bond donors (Lipinski definition) is 1. The van der Waals surface area contributed by atoms with Gasteiger partial charge in [0.25, 0.3) is 11.8 Å². The molecule has 0 saturated heterocycles. The Labute approximate surface area is 174 Å². The van der Waals surface area contributed by atoms with Crippen molar-refractivity contribution in [3.63, 3.8) is 0 Å². The highest BCUT2D eigenvalue weighted by Gasteiger charge is 2.28. The van der Waals surface area contributed by atoms with Crippen LogP contribution in [0.5, 0.6) is 5.75 Å². The molecule has 0 saturated carbocycles. The van der Waals surface area contributed by atoms with E-state index in [4.69, 9.17) is 9.47 Å². The maximum Gasteiger partial charge on any atom is 0.341 e. The van der Waals surface area contributed by atoms with E-state index in [2.05, 4.69) is 5.32 Å². The maximum atomic E-state index is 12.9. The summed E-state index contributed by atoms with van der Waals surface area (Å²) in [6.45, 7) is 8.80. The van der Waals surface area contributed by atoms with Crippen molar-refractivity contribution in [2.45, 2.75) is 27.7 Å². The van der Waals surface area contributed by atoms with E-state index < -0.39 is 11.9 Å². The Morgan fingerprint density at radius 3 is 2.34 bits per heavy atom. The molecule has 0 unspecified atom stereocenters. The van der Waals surface area contributed by atoms with E-state index >= 15 is 0 Å². The number of ether oxygens (including phenoxy) is 2. The highest BCUT2D eigenvalue weighted by molar-refractivity contribution is 7.18. The van der Waals surface area contributed by atoms with Crippen molar-refractivity contribution in [2.24, 2.45) is 0 Å². The van der Waals surface area contributed by atoms with Gasteiger partial charge in [-0.1, -0.05) is 12.1 Å². The van der Waals surface area contributed by atoms with Gasteiger partial charge in [0, 0.05) is 13.1 Å². The van der Waals surface area contributed by atoms with Gasteiger partial charge in [-0.05, 0) is 45.4 Å². The zero-order chi connectivity index (χ0) is 21.6. The Kier molecular flexibility index (Phi) is 7.78. The molecule has 29 heavy (non-hydrogen) atoms. The van der Waals surface area contributed by atoms with Crippen LogP contribution in [0.25, 0.3) is 0 Å². The monoisotopic (exact) mass is 418 g/mol. The van der Waals surface area contributed by atoms with Crippen molar-refractivity contribution >= 4 is 34.1 Å². The average Bonchev–Trinajstić information content (AvgIpc) is 3.04. The van der Waals surface area contributed by atoms with Crippen LogP contribution in [0, 0.1) is 6.92 Å². The molecule has 1 aromatic carbocycles. The molecule has 2 rings (SSSR count). The summed E-state index contributed by atoms with van der Waals surface area (Å²) in [7, 11) is 1.27. The van der Waals surface area contributed by atoms with Crippen LogP contribution in [0.15, 0.2) is 24.3 Å². The summed E-state index contributed by atoms with van der Waals surface area (Å²) in [4.78, 5) is 40.2. The summed E-state index contributed by atoms with van der Waals surface area (Å²) < 4.78 is 10.4. The fourth-order valence-electron chi connectivity index (χ4n) is 2.91. The van der Waals surface area contributed by atoms with E-state index in [9.17, 15) is 14.4 Å². The van der Waals surface area contributed by atoms with Gasteiger partial charge in [0.1, 0.15) is 10.8 Å². The summed E-state index contributed by atoms with van der Waals surface area (Å²) in [6, 6.07) is 6.85. The number of amides is 2. The zero-order valence-corrected chi connectivity index (χ0v) is 18.1. The second-order valence-corrected chi connectivity index (χ2v) is 7.13. The molecule has 1 heterocycles. The highest BCUT2D eigenvalue weighted by atomic mass is 32.1. The van der Waals surface area contributed by atoms with Crippen LogP contribution >= 0.6 is 11.3 Å². The number of hydrogen-bond acceptors (Lipinski definition) is 6. The number of thiophene rings is 1. The van der Waals surface area contributed by atoms with Gasteiger partial charge in [-0.25, -0.2) is 4.79 Å². The predicted octanol–water partition coefficient (Wildman–Crippen LogP) is 3.98. The molecule has 0 aliphatic rings. The lowest BCUT2D eigenvalue weighted by Gasteiger charge is -2.17. The number of rotatable bonds is 8. The zero-order valence-electron chi connectivity index (χ0n) is 17.3. The first kappa shape index (κ1) is 22.4. The maximum absolute atomic E-state index is 12.9. The van der Waals surface area contributed by atoms with Crippen molar-refractivity contribution < 1.29 is 23.9 Å². The third-order valence-corrected chi connectivity index (χ3v) is 5.64. The molecule has 1 N–H and O–H groups in total. The van der Waals surface area contributed by atoms with Gasteiger partial charge in [-0.15, -0.1) is 11.3 Å². The third-order valence-electron chi connectivity index (χ3n) is 4.44. The molecule has 0 radical (unpaired) electrons. The van der Waals surface area contributed by atoms with Gasteiger partial charge in [0.2, 0.25) is 0 Å². The number of benzene rings is 1. The van der Waals surface area contributed by atoms with Crippen molar-refractivity contribution in [1.82, 2.24) is 4.90 Å². The fourth-order valence-corrected chi connectivity index (χ4v) is 4.07. The summed E-state index contributed by atoms with van der Waals surface area (Å²) >= 11 is 1.07. The minimum Gasteiger partial charge on any atom is -0.493 e. The lowest BCUT2D eigenvalue weighted by Crippen LogP contribution is -2.30. The smallest absolute Gasteiger partial charge is 0.341 e. The Morgan fingerprint density at radius 2 is 1.76 bits per heavy atom. The predicted molar refractivity (Wildman–Crippen MR) is 113 cm³/mol. The van der Waals surface area contributed by atoms with E-state index in [1.165, 1.54) is 7.11 Å². The summed E-state index contributed by atoms with van der Waals surface area (Å²) in [5, 5.41) is 3.04. The topological polar surface area (TPSA) is 84.9 Å². The van der Waals surface area contributed by atoms with Crippen LogP contribution in [0.2, 0.25) is 0 Å². The van der Waals surface area contributed by atoms with E-state index in [0.29, 0.717) is 41.4 Å². The second-order valence-electron chi connectivity index (χ2n) is 6.11. The number of para-hydroxylation sites is 1. The number of nitrogens with one attached hydrogen (secondary N) is 1. The van der Waals surface area contributed by atoms with E-state index in [1.54, 1.807) is 36.1 Å². The van der Waals surface area contributed by atoms with Gasteiger partial charge in [0.05, 0.1) is 29.7 Å². The molecule has 2 amide bonds. The molecule has 0 aliphatic carbocycles. The number of anilines is 1. The largest absolute Gasteiger partial charge is 0.493 e. The number of esters is 1. The van der Waals surface area contributed by atoms with Crippen molar-refractivity contribution in [3.05, 3.63) is 45.8 Å². The molecular weight excluding hydrogens is 392 g/mol. The normalized spacial score (nSPS) is 10.4. The minimum atomic E-state index is -0.606. The molecular formula is C21H26N2O5S. The summed E-state index contributed by atoms with van der Waals surface area (Å²) in [5.74, 6) is -0.772. The Bertz CT molecular complexity index is 902. The molecule has 7 nitrogen and oxygen atoms in total. The first-order valence-electron chi connectivity index (χ1n) is 9.43. The third kappa shape index (κ3) is 4.76. The molecule has 0 aliphatic heterocycles. The minimum absolute atomic E-state index is 0.183.